The van der Waals surface area contributed by atoms with Crippen molar-refractivity contribution in [1.29, 1.82) is 0 Å². The van der Waals surface area contributed by atoms with Crippen molar-refractivity contribution in [3.05, 3.63) is 52.7 Å². The van der Waals surface area contributed by atoms with E-state index in [1.165, 1.54) is 0 Å². The van der Waals surface area contributed by atoms with Gasteiger partial charge in [-0.1, -0.05) is 35.9 Å². The van der Waals surface area contributed by atoms with E-state index in [2.05, 4.69) is 10.2 Å². The molecular formula is C14H12ClN3O2. The summed E-state index contributed by atoms with van der Waals surface area (Å²) in [6, 6.07) is 10.2. The molecule has 0 spiro atoms. The van der Waals surface area contributed by atoms with Crippen LogP contribution in [0, 0.1) is 0 Å². The maximum atomic E-state index is 11.7. The van der Waals surface area contributed by atoms with E-state index in [9.17, 15) is 9.90 Å². The largest absolute Gasteiger partial charge is 0.479 e. The number of benzene rings is 1. The number of carboxylic acid groups (broad SMARTS) is 1. The van der Waals surface area contributed by atoms with Crippen molar-refractivity contribution in [1.82, 2.24) is 10.2 Å². The van der Waals surface area contributed by atoms with E-state index in [0.717, 1.165) is 17.5 Å². The molecule has 1 N–H and O–H groups in total. The molecule has 3 rings (SSSR count). The van der Waals surface area contributed by atoms with Crippen molar-refractivity contribution in [2.24, 2.45) is 0 Å². The van der Waals surface area contributed by atoms with Gasteiger partial charge in [-0.2, -0.15) is 0 Å². The lowest BCUT2D eigenvalue weighted by atomic mass is 9.92. The summed E-state index contributed by atoms with van der Waals surface area (Å²) in [5, 5.41) is 17.6. The molecule has 1 aromatic heterocycles. The molecule has 2 heterocycles. The highest BCUT2D eigenvalue weighted by atomic mass is 35.5. The Kier molecular flexibility index (Phi) is 3.28. The van der Waals surface area contributed by atoms with Crippen molar-refractivity contribution in [2.45, 2.75) is 12.5 Å². The molecule has 0 fully saturated rings. The normalized spacial score (nSPS) is 17.6. The minimum atomic E-state index is -0.895. The molecule has 0 saturated heterocycles. The van der Waals surface area contributed by atoms with E-state index in [1.807, 2.05) is 24.3 Å². The minimum absolute atomic E-state index is 0.290. The van der Waals surface area contributed by atoms with Crippen molar-refractivity contribution in [2.75, 3.05) is 11.4 Å². The second-order valence-corrected chi connectivity index (χ2v) is 4.98. The lowest BCUT2D eigenvalue weighted by molar-refractivity contribution is -0.138. The van der Waals surface area contributed by atoms with Gasteiger partial charge in [0.05, 0.1) is 0 Å². The third-order valence-electron chi connectivity index (χ3n) is 3.43. The Labute approximate surface area is 120 Å². The SMILES string of the molecule is O=C(O)C1c2ccccc2CCN1c1ccc(Cl)nn1. The Morgan fingerprint density at radius 1 is 1.25 bits per heavy atom. The number of aromatic nitrogens is 2. The molecular weight excluding hydrogens is 278 g/mol. The summed E-state index contributed by atoms with van der Waals surface area (Å²) in [4.78, 5) is 13.4. The zero-order valence-corrected chi connectivity index (χ0v) is 11.3. The molecule has 2 aromatic rings. The van der Waals surface area contributed by atoms with Crippen LogP contribution in [0.5, 0.6) is 0 Å². The fourth-order valence-corrected chi connectivity index (χ4v) is 2.64. The number of anilines is 1. The Morgan fingerprint density at radius 3 is 2.75 bits per heavy atom. The van der Waals surface area contributed by atoms with Crippen LogP contribution in [0.4, 0.5) is 5.82 Å². The number of hydrogen-bond donors (Lipinski definition) is 1. The van der Waals surface area contributed by atoms with E-state index in [-0.39, 0.29) is 5.15 Å². The zero-order chi connectivity index (χ0) is 14.1. The lowest BCUT2D eigenvalue weighted by Gasteiger charge is -2.35. The molecule has 20 heavy (non-hydrogen) atoms. The first kappa shape index (κ1) is 12.9. The van der Waals surface area contributed by atoms with Crippen LogP contribution in [0.1, 0.15) is 17.2 Å². The van der Waals surface area contributed by atoms with Gasteiger partial charge in [0.25, 0.3) is 0 Å². The maximum Gasteiger partial charge on any atom is 0.331 e. The van der Waals surface area contributed by atoms with Gasteiger partial charge in [-0.25, -0.2) is 4.79 Å². The molecule has 0 radical (unpaired) electrons. The summed E-state index contributed by atoms with van der Waals surface area (Å²) in [6.07, 6.45) is 0.782. The van der Waals surface area contributed by atoms with Crippen molar-refractivity contribution in [3.63, 3.8) is 0 Å². The van der Waals surface area contributed by atoms with E-state index in [1.54, 1.807) is 17.0 Å². The van der Waals surface area contributed by atoms with Gasteiger partial charge in [-0.3, -0.25) is 0 Å². The average Bonchev–Trinajstić information content (AvgIpc) is 2.46. The third-order valence-corrected chi connectivity index (χ3v) is 3.63. The molecule has 0 amide bonds. The summed E-state index contributed by atoms with van der Waals surface area (Å²) >= 11 is 5.72. The highest BCUT2D eigenvalue weighted by molar-refractivity contribution is 6.29. The number of aliphatic carboxylic acids is 1. The molecule has 6 heteroatoms. The van der Waals surface area contributed by atoms with Gasteiger partial charge < -0.3 is 10.0 Å². The van der Waals surface area contributed by atoms with Crippen LogP contribution < -0.4 is 4.90 Å². The van der Waals surface area contributed by atoms with Crippen LogP contribution in [0.15, 0.2) is 36.4 Å². The Bertz CT molecular complexity index is 645. The topological polar surface area (TPSA) is 66.3 Å². The van der Waals surface area contributed by atoms with Crippen molar-refractivity contribution < 1.29 is 9.90 Å². The van der Waals surface area contributed by atoms with Gasteiger partial charge in [0.1, 0.15) is 0 Å². The number of carboxylic acids is 1. The highest BCUT2D eigenvalue weighted by Crippen LogP contribution is 2.32. The van der Waals surface area contributed by atoms with E-state index < -0.39 is 12.0 Å². The summed E-state index contributed by atoms with van der Waals surface area (Å²) < 4.78 is 0. The second kappa shape index (κ2) is 5.09. The quantitative estimate of drug-likeness (QED) is 0.919. The van der Waals surface area contributed by atoms with Crippen LogP contribution in [0.2, 0.25) is 5.15 Å². The standard InChI is InChI=1S/C14H12ClN3O2/c15-11-5-6-12(17-16-11)18-8-7-9-3-1-2-4-10(9)13(18)14(19)20/h1-6,13H,7-8H2,(H,19,20). The fraction of sp³-hybridized carbons (Fsp3) is 0.214. The van der Waals surface area contributed by atoms with Crippen LogP contribution in [-0.2, 0) is 11.2 Å². The van der Waals surface area contributed by atoms with Crippen molar-refractivity contribution in [3.8, 4) is 0 Å². The number of rotatable bonds is 2. The second-order valence-electron chi connectivity index (χ2n) is 4.60. The number of halogens is 1. The Morgan fingerprint density at radius 2 is 2.05 bits per heavy atom. The van der Waals surface area contributed by atoms with Gasteiger partial charge in [-0.15, -0.1) is 10.2 Å². The van der Waals surface area contributed by atoms with E-state index in [0.29, 0.717) is 12.4 Å². The van der Waals surface area contributed by atoms with Gasteiger partial charge in [-0.05, 0) is 29.7 Å². The molecule has 1 aromatic carbocycles. The maximum absolute atomic E-state index is 11.7. The molecule has 0 aliphatic carbocycles. The molecule has 0 saturated carbocycles. The first-order chi connectivity index (χ1) is 9.66. The number of fused-ring (bicyclic) bond motifs is 1. The Hall–Kier alpha value is -2.14. The van der Waals surface area contributed by atoms with Gasteiger partial charge >= 0.3 is 5.97 Å². The molecule has 1 unspecified atom stereocenters. The molecule has 1 atom stereocenters. The van der Waals surface area contributed by atoms with Crippen LogP contribution in [0.3, 0.4) is 0 Å². The molecule has 5 nitrogen and oxygen atoms in total. The molecule has 102 valence electrons. The summed E-state index contributed by atoms with van der Waals surface area (Å²) in [5.74, 6) is -0.370. The van der Waals surface area contributed by atoms with Crippen LogP contribution in [0.25, 0.3) is 0 Å². The number of nitrogens with zero attached hydrogens (tertiary/aromatic N) is 3. The van der Waals surface area contributed by atoms with Gasteiger partial charge in [0.2, 0.25) is 0 Å². The van der Waals surface area contributed by atoms with E-state index in [4.69, 9.17) is 11.6 Å². The van der Waals surface area contributed by atoms with Crippen LogP contribution >= 0.6 is 11.6 Å². The van der Waals surface area contributed by atoms with Crippen molar-refractivity contribution >= 4 is 23.4 Å². The zero-order valence-electron chi connectivity index (χ0n) is 10.5. The van der Waals surface area contributed by atoms with Crippen LogP contribution in [-0.4, -0.2) is 27.8 Å². The molecule has 0 bridgehead atoms. The number of hydrogen-bond acceptors (Lipinski definition) is 4. The van der Waals surface area contributed by atoms with E-state index >= 15 is 0 Å². The minimum Gasteiger partial charge on any atom is -0.479 e. The number of carbonyl (C=O) groups is 1. The smallest absolute Gasteiger partial charge is 0.331 e. The summed E-state index contributed by atoms with van der Waals surface area (Å²) in [5.41, 5.74) is 1.88. The van der Waals surface area contributed by atoms with Gasteiger partial charge in [0, 0.05) is 6.54 Å². The Balaban J connectivity index is 2.04. The predicted molar refractivity (Wildman–Crippen MR) is 74.9 cm³/mol. The average molecular weight is 290 g/mol. The summed E-state index contributed by atoms with van der Waals surface area (Å²) in [7, 11) is 0. The molecule has 1 aliphatic rings. The highest BCUT2D eigenvalue weighted by Gasteiger charge is 2.33. The summed E-state index contributed by atoms with van der Waals surface area (Å²) in [6.45, 7) is 0.588. The predicted octanol–water partition coefficient (Wildman–Crippen LogP) is 2.32. The third kappa shape index (κ3) is 2.20. The lowest BCUT2D eigenvalue weighted by Crippen LogP contribution is -2.40. The monoisotopic (exact) mass is 289 g/mol. The fourth-order valence-electron chi connectivity index (χ4n) is 2.54. The molecule has 1 aliphatic heterocycles. The van der Waals surface area contributed by atoms with Gasteiger partial charge in [0.15, 0.2) is 17.0 Å². The first-order valence-electron chi connectivity index (χ1n) is 6.23. The first-order valence-corrected chi connectivity index (χ1v) is 6.61.